The fraction of sp³-hybridized carbons (Fsp3) is 0.500. The SMILES string of the molecule is CC1=CCC[C@H]1NC(=O)Nc1ccc(Cl)c(S(=O)(=O)[C@H]2CC[C@H](O)C2)c1O. The van der Waals surface area contributed by atoms with Crippen molar-refractivity contribution in [2.75, 3.05) is 5.32 Å². The fourth-order valence-corrected chi connectivity index (χ4v) is 6.08. The Balaban J connectivity index is 1.83. The highest BCUT2D eigenvalue weighted by atomic mass is 35.5. The van der Waals surface area contributed by atoms with E-state index in [1.807, 2.05) is 13.0 Å². The lowest BCUT2D eigenvalue weighted by atomic mass is 10.2. The van der Waals surface area contributed by atoms with Crippen LogP contribution in [0, 0.1) is 0 Å². The summed E-state index contributed by atoms with van der Waals surface area (Å²) in [6, 6.07) is 2.07. The number of aliphatic hydroxyl groups is 1. The molecule has 1 aromatic rings. The quantitative estimate of drug-likeness (QED) is 0.446. The van der Waals surface area contributed by atoms with Crippen LogP contribution in [-0.2, 0) is 9.84 Å². The highest BCUT2D eigenvalue weighted by Gasteiger charge is 2.38. The van der Waals surface area contributed by atoms with Crippen molar-refractivity contribution in [1.82, 2.24) is 5.32 Å². The molecule has 2 aliphatic rings. The first-order chi connectivity index (χ1) is 12.7. The second-order valence-electron chi connectivity index (χ2n) is 7.08. The van der Waals surface area contributed by atoms with E-state index in [1.54, 1.807) is 0 Å². The molecule has 2 aliphatic carbocycles. The molecule has 7 nitrogen and oxygen atoms in total. The zero-order valence-electron chi connectivity index (χ0n) is 14.9. The minimum Gasteiger partial charge on any atom is -0.504 e. The second-order valence-corrected chi connectivity index (χ2v) is 9.66. The molecule has 0 radical (unpaired) electrons. The van der Waals surface area contributed by atoms with Crippen molar-refractivity contribution in [2.45, 2.75) is 61.3 Å². The number of carbonyl (C=O) groups excluding carboxylic acids is 1. The molecule has 0 saturated heterocycles. The molecule has 1 fully saturated rings. The van der Waals surface area contributed by atoms with Gasteiger partial charge in [0, 0.05) is 0 Å². The zero-order chi connectivity index (χ0) is 19.8. The third-order valence-electron chi connectivity index (χ3n) is 5.19. The highest BCUT2D eigenvalue weighted by Crippen LogP contribution is 2.41. The van der Waals surface area contributed by atoms with Gasteiger partial charge in [0.2, 0.25) is 0 Å². The third kappa shape index (κ3) is 4.07. The van der Waals surface area contributed by atoms with Crippen LogP contribution >= 0.6 is 11.6 Å². The Hall–Kier alpha value is -1.77. The van der Waals surface area contributed by atoms with Crippen LogP contribution in [0.4, 0.5) is 10.5 Å². The average molecular weight is 415 g/mol. The number of aromatic hydroxyl groups is 1. The molecular weight excluding hydrogens is 392 g/mol. The molecule has 9 heteroatoms. The topological polar surface area (TPSA) is 116 Å². The number of urea groups is 1. The van der Waals surface area contributed by atoms with Crippen molar-refractivity contribution < 1.29 is 23.4 Å². The summed E-state index contributed by atoms with van der Waals surface area (Å²) in [5.74, 6) is -0.585. The van der Waals surface area contributed by atoms with Crippen molar-refractivity contribution in [3.63, 3.8) is 0 Å². The lowest BCUT2D eigenvalue weighted by Crippen LogP contribution is -2.37. The van der Waals surface area contributed by atoms with Gasteiger partial charge in [-0.1, -0.05) is 23.3 Å². The first-order valence-electron chi connectivity index (χ1n) is 8.87. The number of hydrogen-bond acceptors (Lipinski definition) is 5. The number of nitrogens with one attached hydrogen (secondary N) is 2. The number of aliphatic hydroxyl groups excluding tert-OH is 1. The summed E-state index contributed by atoms with van der Waals surface area (Å²) >= 11 is 6.06. The van der Waals surface area contributed by atoms with Gasteiger partial charge in [-0.15, -0.1) is 0 Å². The zero-order valence-corrected chi connectivity index (χ0v) is 16.5. The summed E-state index contributed by atoms with van der Waals surface area (Å²) < 4.78 is 25.8. The summed E-state index contributed by atoms with van der Waals surface area (Å²) in [6.45, 7) is 1.93. The Morgan fingerprint density at radius 2 is 2.00 bits per heavy atom. The van der Waals surface area contributed by atoms with E-state index in [0.29, 0.717) is 12.8 Å². The number of sulfone groups is 1. The predicted octanol–water partition coefficient (Wildman–Crippen LogP) is 2.96. The number of carbonyl (C=O) groups is 1. The van der Waals surface area contributed by atoms with E-state index < -0.39 is 37.9 Å². The van der Waals surface area contributed by atoms with Gasteiger partial charge < -0.3 is 20.8 Å². The lowest BCUT2D eigenvalue weighted by Gasteiger charge is -2.18. The van der Waals surface area contributed by atoms with E-state index in [9.17, 15) is 23.4 Å². The molecule has 0 bridgehead atoms. The van der Waals surface area contributed by atoms with Gasteiger partial charge in [0.05, 0.1) is 28.1 Å². The number of phenols is 1. The number of amides is 2. The van der Waals surface area contributed by atoms with Gasteiger partial charge >= 0.3 is 6.03 Å². The molecule has 0 heterocycles. The van der Waals surface area contributed by atoms with Gasteiger partial charge in [0.25, 0.3) is 0 Å². The number of hydrogen-bond donors (Lipinski definition) is 4. The van der Waals surface area contributed by atoms with Crippen molar-refractivity contribution in [1.29, 1.82) is 0 Å². The minimum absolute atomic E-state index is 0.0337. The Bertz CT molecular complexity index is 884. The average Bonchev–Trinajstić information content (AvgIpc) is 3.19. The number of phenolic OH excluding ortho intramolecular Hbond substituents is 1. The summed E-state index contributed by atoms with van der Waals surface area (Å²) in [6.07, 6.45) is 3.84. The maximum absolute atomic E-state index is 12.9. The summed E-state index contributed by atoms with van der Waals surface area (Å²) in [5, 5.41) is 24.5. The van der Waals surface area contributed by atoms with Crippen LogP contribution in [0.5, 0.6) is 5.75 Å². The largest absolute Gasteiger partial charge is 0.504 e. The maximum atomic E-state index is 12.9. The van der Waals surface area contributed by atoms with Crippen LogP contribution < -0.4 is 10.6 Å². The van der Waals surface area contributed by atoms with E-state index in [1.165, 1.54) is 12.1 Å². The van der Waals surface area contributed by atoms with Gasteiger partial charge in [0.15, 0.2) is 15.6 Å². The summed E-state index contributed by atoms with van der Waals surface area (Å²) in [5.41, 5.74) is 1.03. The molecule has 27 heavy (non-hydrogen) atoms. The molecule has 3 atom stereocenters. The monoisotopic (exact) mass is 414 g/mol. The number of allylic oxidation sites excluding steroid dienone is 1. The lowest BCUT2D eigenvalue weighted by molar-refractivity contribution is 0.183. The summed E-state index contributed by atoms with van der Waals surface area (Å²) in [4.78, 5) is 11.8. The Labute approximate surface area is 163 Å². The minimum atomic E-state index is -3.95. The van der Waals surface area contributed by atoms with E-state index >= 15 is 0 Å². The molecule has 0 unspecified atom stereocenters. The van der Waals surface area contributed by atoms with Crippen LogP contribution in [0.25, 0.3) is 0 Å². The van der Waals surface area contributed by atoms with E-state index in [-0.39, 0.29) is 23.2 Å². The standard InChI is InChI=1S/C18H23ClN2O5S/c1-10-3-2-4-14(10)20-18(24)21-15-8-7-13(19)17(16(15)23)27(25,26)12-6-5-11(22)9-12/h3,7-8,11-12,14,22-23H,2,4-6,9H2,1H3,(H2,20,21,24)/t11-,12-,14+/m0/s1. The van der Waals surface area contributed by atoms with Crippen LogP contribution in [0.15, 0.2) is 28.7 Å². The maximum Gasteiger partial charge on any atom is 0.319 e. The van der Waals surface area contributed by atoms with Crippen LogP contribution in [0.3, 0.4) is 0 Å². The molecule has 1 saturated carbocycles. The molecule has 0 aliphatic heterocycles. The van der Waals surface area contributed by atoms with Crippen molar-refractivity contribution in [2.24, 2.45) is 0 Å². The number of rotatable bonds is 4. The smallest absolute Gasteiger partial charge is 0.319 e. The van der Waals surface area contributed by atoms with Crippen molar-refractivity contribution >= 4 is 33.2 Å². The van der Waals surface area contributed by atoms with E-state index in [0.717, 1.165) is 18.4 Å². The normalized spacial score (nSPS) is 25.3. The molecule has 0 aromatic heterocycles. The third-order valence-corrected chi connectivity index (χ3v) is 7.90. The van der Waals surface area contributed by atoms with Crippen LogP contribution in [-0.4, -0.2) is 42.1 Å². The van der Waals surface area contributed by atoms with Crippen molar-refractivity contribution in [3.05, 3.63) is 28.8 Å². The number of halogens is 1. The van der Waals surface area contributed by atoms with Gasteiger partial charge in [0.1, 0.15) is 4.90 Å². The first-order valence-corrected chi connectivity index (χ1v) is 10.8. The number of anilines is 1. The second kappa shape index (κ2) is 7.69. The van der Waals surface area contributed by atoms with E-state index in [4.69, 9.17) is 11.6 Å². The van der Waals surface area contributed by atoms with Crippen LogP contribution in [0.2, 0.25) is 5.02 Å². The molecule has 1 aromatic carbocycles. The summed E-state index contributed by atoms with van der Waals surface area (Å²) in [7, 11) is -3.95. The van der Waals surface area contributed by atoms with E-state index in [2.05, 4.69) is 10.6 Å². The molecule has 0 spiro atoms. The van der Waals surface area contributed by atoms with Gasteiger partial charge in [-0.3, -0.25) is 0 Å². The fourth-order valence-electron chi connectivity index (χ4n) is 3.63. The van der Waals surface area contributed by atoms with Gasteiger partial charge in [-0.05, 0) is 51.2 Å². The molecule has 3 rings (SSSR count). The Kier molecular flexibility index (Phi) is 5.69. The number of benzene rings is 1. The highest BCUT2D eigenvalue weighted by molar-refractivity contribution is 7.92. The van der Waals surface area contributed by atoms with Gasteiger partial charge in [-0.2, -0.15) is 0 Å². The first kappa shape index (κ1) is 20.0. The molecular formula is C18H23ClN2O5S. The van der Waals surface area contributed by atoms with Crippen molar-refractivity contribution in [3.8, 4) is 5.75 Å². The predicted molar refractivity (Wildman–Crippen MR) is 103 cm³/mol. The Morgan fingerprint density at radius 3 is 2.59 bits per heavy atom. The molecule has 148 valence electrons. The van der Waals surface area contributed by atoms with Crippen LogP contribution in [0.1, 0.15) is 39.0 Å². The Morgan fingerprint density at radius 1 is 1.26 bits per heavy atom. The van der Waals surface area contributed by atoms with Gasteiger partial charge in [-0.25, -0.2) is 13.2 Å². The molecule has 2 amide bonds. The molecule has 4 N–H and O–H groups in total.